The third-order valence-electron chi connectivity index (χ3n) is 4.62. The number of nitrogens with zero attached hydrogens (tertiary/aromatic N) is 3. The molecule has 0 radical (unpaired) electrons. The number of nitro groups is 1. The van der Waals surface area contributed by atoms with Gasteiger partial charge in [0.25, 0.3) is 5.69 Å². The van der Waals surface area contributed by atoms with E-state index in [1.807, 2.05) is 0 Å². The lowest BCUT2D eigenvalue weighted by Crippen LogP contribution is -2.49. The molecule has 1 aliphatic heterocycles. The van der Waals surface area contributed by atoms with Gasteiger partial charge in [-0.05, 0) is 46.1 Å². The van der Waals surface area contributed by atoms with E-state index < -0.39 is 32.5 Å². The number of ether oxygens (including phenoxy) is 1. The van der Waals surface area contributed by atoms with Gasteiger partial charge in [-0.2, -0.15) is 0 Å². The zero-order chi connectivity index (χ0) is 21.4. The van der Waals surface area contributed by atoms with Gasteiger partial charge in [0.1, 0.15) is 5.60 Å². The van der Waals surface area contributed by atoms with E-state index in [-0.39, 0.29) is 22.1 Å². The van der Waals surface area contributed by atoms with Crippen LogP contribution in [0.4, 0.5) is 10.5 Å². The fraction of sp³-hybridized carbons (Fsp3) is 0.556. The van der Waals surface area contributed by atoms with E-state index in [1.165, 1.54) is 23.1 Å². The van der Waals surface area contributed by atoms with Crippen molar-refractivity contribution in [1.82, 2.24) is 14.9 Å². The van der Waals surface area contributed by atoms with Crippen LogP contribution in [0.3, 0.4) is 0 Å². The number of carbonyl (C=O) groups excluding carboxylic acids is 1. The first kappa shape index (κ1) is 21.0. The van der Waals surface area contributed by atoms with E-state index in [9.17, 15) is 23.3 Å². The number of imidazole rings is 1. The Morgan fingerprint density at radius 1 is 1.38 bits per heavy atom. The molecule has 0 saturated carbocycles. The number of benzene rings is 1. The molecule has 2 heterocycles. The molecule has 0 aliphatic carbocycles. The Morgan fingerprint density at radius 2 is 2.10 bits per heavy atom. The SMILES string of the molecule is CC(C)(C)OC(=O)N1CCCC[C@@H]1CS(=O)(=O)c1nc2ccc([N+](=O)[O-])cc2[nH]1. The van der Waals surface area contributed by atoms with Gasteiger partial charge in [0.15, 0.2) is 0 Å². The highest BCUT2D eigenvalue weighted by Crippen LogP contribution is 2.25. The summed E-state index contributed by atoms with van der Waals surface area (Å²) in [6, 6.07) is 3.39. The number of H-pyrrole nitrogens is 1. The number of piperidine rings is 1. The Kier molecular flexibility index (Phi) is 5.52. The maximum atomic E-state index is 12.9. The van der Waals surface area contributed by atoms with Crippen LogP contribution in [-0.2, 0) is 14.6 Å². The number of aromatic amines is 1. The molecule has 1 aromatic heterocycles. The van der Waals surface area contributed by atoms with Gasteiger partial charge in [0, 0.05) is 24.7 Å². The van der Waals surface area contributed by atoms with Crippen molar-refractivity contribution in [2.45, 2.75) is 56.8 Å². The van der Waals surface area contributed by atoms with Crippen LogP contribution in [0.15, 0.2) is 23.4 Å². The van der Waals surface area contributed by atoms with Gasteiger partial charge in [-0.15, -0.1) is 0 Å². The van der Waals surface area contributed by atoms with Gasteiger partial charge < -0.3 is 14.6 Å². The highest BCUT2D eigenvalue weighted by atomic mass is 32.2. The van der Waals surface area contributed by atoms with Crippen molar-refractivity contribution in [3.05, 3.63) is 28.3 Å². The number of amides is 1. The smallest absolute Gasteiger partial charge is 0.410 e. The molecule has 1 atom stereocenters. The second-order valence-electron chi connectivity index (χ2n) is 8.11. The number of nitrogens with one attached hydrogen (secondary N) is 1. The molecule has 10 nitrogen and oxygen atoms in total. The van der Waals surface area contributed by atoms with Crippen LogP contribution >= 0.6 is 0 Å². The summed E-state index contributed by atoms with van der Waals surface area (Å²) in [6.45, 7) is 5.71. The zero-order valence-corrected chi connectivity index (χ0v) is 17.4. The number of aromatic nitrogens is 2. The average molecular weight is 424 g/mol. The molecule has 1 N–H and O–H groups in total. The number of likely N-dealkylation sites (tertiary alicyclic amines) is 1. The zero-order valence-electron chi connectivity index (χ0n) is 16.5. The van der Waals surface area contributed by atoms with E-state index in [1.54, 1.807) is 20.8 Å². The molecule has 158 valence electrons. The summed E-state index contributed by atoms with van der Waals surface area (Å²) in [6.07, 6.45) is 1.61. The Morgan fingerprint density at radius 3 is 2.76 bits per heavy atom. The number of fused-ring (bicyclic) bond motifs is 1. The number of carbonyl (C=O) groups is 1. The maximum absolute atomic E-state index is 12.9. The standard InChI is InChI=1S/C18H24N4O6S/c1-18(2,3)28-17(23)21-9-5-4-6-13(21)11-29(26,27)16-19-14-8-7-12(22(24)25)10-15(14)20-16/h7-8,10,13H,4-6,9,11H2,1-3H3,(H,19,20)/t13-/m1/s1. The molecule has 2 aromatic rings. The number of hydrogen-bond donors (Lipinski definition) is 1. The second kappa shape index (κ2) is 7.62. The van der Waals surface area contributed by atoms with Gasteiger partial charge in [-0.25, -0.2) is 18.2 Å². The number of sulfone groups is 1. The fourth-order valence-electron chi connectivity index (χ4n) is 3.30. The monoisotopic (exact) mass is 424 g/mol. The molecule has 1 aliphatic rings. The molecule has 0 spiro atoms. The fourth-order valence-corrected chi connectivity index (χ4v) is 4.82. The summed E-state index contributed by atoms with van der Waals surface area (Å²) in [5.74, 6) is -0.297. The van der Waals surface area contributed by atoms with Crippen molar-refractivity contribution in [1.29, 1.82) is 0 Å². The van der Waals surface area contributed by atoms with Crippen LogP contribution in [0.2, 0.25) is 0 Å². The van der Waals surface area contributed by atoms with Gasteiger partial charge in [-0.3, -0.25) is 10.1 Å². The molecule has 1 fully saturated rings. The van der Waals surface area contributed by atoms with Gasteiger partial charge in [0.2, 0.25) is 15.0 Å². The number of hydrogen-bond acceptors (Lipinski definition) is 7. The Bertz CT molecular complexity index is 1040. The molecule has 11 heteroatoms. The van der Waals surface area contributed by atoms with Gasteiger partial charge in [0.05, 0.1) is 21.7 Å². The van der Waals surface area contributed by atoms with Crippen molar-refractivity contribution >= 4 is 32.7 Å². The molecule has 0 bridgehead atoms. The predicted molar refractivity (Wildman–Crippen MR) is 105 cm³/mol. The molecule has 1 aromatic carbocycles. The third-order valence-corrected chi connectivity index (χ3v) is 6.22. The summed E-state index contributed by atoms with van der Waals surface area (Å²) in [5.41, 5.74) is -0.244. The lowest BCUT2D eigenvalue weighted by atomic mass is 10.0. The van der Waals surface area contributed by atoms with Crippen LogP contribution in [0.1, 0.15) is 40.0 Å². The quantitative estimate of drug-likeness (QED) is 0.588. The molecule has 0 unspecified atom stereocenters. The molecule has 29 heavy (non-hydrogen) atoms. The summed E-state index contributed by atoms with van der Waals surface area (Å²) >= 11 is 0. The molecule has 3 rings (SSSR count). The second-order valence-corrected chi connectivity index (χ2v) is 10.1. The summed E-state index contributed by atoms with van der Waals surface area (Å²) in [7, 11) is -3.85. The first-order valence-electron chi connectivity index (χ1n) is 9.33. The van der Waals surface area contributed by atoms with Crippen molar-refractivity contribution in [3.63, 3.8) is 0 Å². The van der Waals surface area contributed by atoms with Crippen molar-refractivity contribution in [2.75, 3.05) is 12.3 Å². The van der Waals surface area contributed by atoms with Gasteiger partial charge in [-0.1, -0.05) is 0 Å². The first-order chi connectivity index (χ1) is 13.5. The molecule has 1 amide bonds. The minimum absolute atomic E-state index is 0.159. The Labute approximate surface area is 168 Å². The Balaban J connectivity index is 1.84. The molecular formula is C18H24N4O6S. The number of non-ortho nitro benzene ring substituents is 1. The van der Waals surface area contributed by atoms with E-state index in [0.29, 0.717) is 18.5 Å². The maximum Gasteiger partial charge on any atom is 0.410 e. The van der Waals surface area contributed by atoms with Crippen molar-refractivity contribution in [2.24, 2.45) is 0 Å². The van der Waals surface area contributed by atoms with E-state index in [4.69, 9.17) is 4.74 Å². The van der Waals surface area contributed by atoms with Crippen LogP contribution in [0, 0.1) is 10.1 Å². The van der Waals surface area contributed by atoms with Crippen molar-refractivity contribution < 1.29 is 22.9 Å². The molecular weight excluding hydrogens is 400 g/mol. The van der Waals surface area contributed by atoms with Gasteiger partial charge >= 0.3 is 6.09 Å². The number of nitro benzene ring substituents is 1. The largest absolute Gasteiger partial charge is 0.444 e. The summed E-state index contributed by atoms with van der Waals surface area (Å²) < 4.78 is 31.3. The van der Waals surface area contributed by atoms with Crippen LogP contribution in [-0.4, -0.2) is 58.2 Å². The first-order valence-corrected chi connectivity index (χ1v) is 11.0. The van der Waals surface area contributed by atoms with Crippen LogP contribution < -0.4 is 0 Å². The predicted octanol–water partition coefficient (Wildman–Crippen LogP) is 3.03. The molecule has 1 saturated heterocycles. The minimum atomic E-state index is -3.85. The topological polar surface area (TPSA) is 136 Å². The normalized spacial score (nSPS) is 18.0. The summed E-state index contributed by atoms with van der Waals surface area (Å²) in [5, 5.41) is 10.7. The summed E-state index contributed by atoms with van der Waals surface area (Å²) in [4.78, 5) is 31.1. The average Bonchev–Trinajstić information content (AvgIpc) is 3.04. The third kappa shape index (κ3) is 4.84. The Hall–Kier alpha value is -2.69. The highest BCUT2D eigenvalue weighted by Gasteiger charge is 2.35. The minimum Gasteiger partial charge on any atom is -0.444 e. The lowest BCUT2D eigenvalue weighted by molar-refractivity contribution is -0.384. The lowest BCUT2D eigenvalue weighted by Gasteiger charge is -2.36. The number of rotatable bonds is 4. The highest BCUT2D eigenvalue weighted by molar-refractivity contribution is 7.91. The van der Waals surface area contributed by atoms with Crippen LogP contribution in [0.5, 0.6) is 0 Å². The van der Waals surface area contributed by atoms with E-state index >= 15 is 0 Å². The van der Waals surface area contributed by atoms with Crippen LogP contribution in [0.25, 0.3) is 11.0 Å². The van der Waals surface area contributed by atoms with Crippen molar-refractivity contribution in [3.8, 4) is 0 Å². The van der Waals surface area contributed by atoms with E-state index in [2.05, 4.69) is 9.97 Å². The van der Waals surface area contributed by atoms with E-state index in [0.717, 1.165) is 12.8 Å².